The van der Waals surface area contributed by atoms with E-state index in [1.165, 1.54) is 0 Å². The zero-order chi connectivity index (χ0) is 13.0. The van der Waals surface area contributed by atoms with E-state index in [-0.39, 0.29) is 12.7 Å². The number of pyridine rings is 1. The van der Waals surface area contributed by atoms with Crippen LogP contribution >= 0.6 is 15.9 Å². The van der Waals surface area contributed by atoms with E-state index in [0.29, 0.717) is 11.3 Å². The number of methoxy groups -OCH3 is 1. The van der Waals surface area contributed by atoms with Crippen molar-refractivity contribution in [1.82, 2.24) is 4.98 Å². The standard InChI is InChI=1S/C12H11BrFNO3/c1-16-7-18-11-5-10-8(4-9(11)13)2-3-12(15-10)17-6-14/h2-5H,6-7H2,1H3. The predicted molar refractivity (Wildman–Crippen MR) is 68.6 cm³/mol. The smallest absolute Gasteiger partial charge is 0.230 e. The Morgan fingerprint density at radius 2 is 2.11 bits per heavy atom. The van der Waals surface area contributed by atoms with Gasteiger partial charge in [-0.15, -0.1) is 0 Å². The van der Waals surface area contributed by atoms with Gasteiger partial charge in [-0.25, -0.2) is 9.37 Å². The lowest BCUT2D eigenvalue weighted by Crippen LogP contribution is -2.00. The minimum absolute atomic E-state index is 0.144. The Bertz CT molecular complexity index is 550. The SMILES string of the molecule is COCOc1cc2nc(OCF)ccc2cc1Br. The van der Waals surface area contributed by atoms with Crippen LogP contribution in [0.3, 0.4) is 0 Å². The molecule has 4 nitrogen and oxygen atoms in total. The number of benzene rings is 1. The molecule has 0 unspecified atom stereocenters. The highest BCUT2D eigenvalue weighted by molar-refractivity contribution is 9.10. The summed E-state index contributed by atoms with van der Waals surface area (Å²) in [7, 11) is 1.54. The second-order valence-electron chi connectivity index (χ2n) is 3.43. The van der Waals surface area contributed by atoms with Gasteiger partial charge in [-0.05, 0) is 28.1 Å². The fourth-order valence-corrected chi connectivity index (χ4v) is 1.95. The van der Waals surface area contributed by atoms with Crippen molar-refractivity contribution in [1.29, 1.82) is 0 Å². The number of halogens is 2. The zero-order valence-electron chi connectivity index (χ0n) is 9.65. The van der Waals surface area contributed by atoms with Gasteiger partial charge in [0.05, 0.1) is 9.99 Å². The zero-order valence-corrected chi connectivity index (χ0v) is 11.2. The molecule has 0 atom stereocenters. The van der Waals surface area contributed by atoms with Crippen LogP contribution in [0.4, 0.5) is 4.39 Å². The molecule has 0 saturated carbocycles. The normalized spacial score (nSPS) is 10.6. The molecule has 6 heteroatoms. The number of aromatic nitrogens is 1. The van der Waals surface area contributed by atoms with Crippen LogP contribution in [-0.2, 0) is 4.74 Å². The minimum Gasteiger partial charge on any atom is -0.466 e. The second-order valence-corrected chi connectivity index (χ2v) is 4.28. The lowest BCUT2D eigenvalue weighted by atomic mass is 10.2. The maximum Gasteiger partial charge on any atom is 0.230 e. The van der Waals surface area contributed by atoms with Crippen LogP contribution in [0.2, 0.25) is 0 Å². The van der Waals surface area contributed by atoms with E-state index in [1.807, 2.05) is 6.07 Å². The number of fused-ring (bicyclic) bond motifs is 1. The highest BCUT2D eigenvalue weighted by Crippen LogP contribution is 2.30. The van der Waals surface area contributed by atoms with Gasteiger partial charge < -0.3 is 14.2 Å². The van der Waals surface area contributed by atoms with Crippen LogP contribution in [0.5, 0.6) is 11.6 Å². The van der Waals surface area contributed by atoms with Gasteiger partial charge in [0.25, 0.3) is 0 Å². The van der Waals surface area contributed by atoms with Crippen LogP contribution in [0.1, 0.15) is 0 Å². The molecule has 0 aliphatic rings. The third-order valence-corrected chi connectivity index (χ3v) is 2.87. The van der Waals surface area contributed by atoms with Crippen LogP contribution in [0.15, 0.2) is 28.7 Å². The molecule has 0 fully saturated rings. The fraction of sp³-hybridized carbons (Fsp3) is 0.250. The summed E-state index contributed by atoms with van der Waals surface area (Å²) in [5, 5.41) is 0.901. The first-order valence-electron chi connectivity index (χ1n) is 5.15. The van der Waals surface area contributed by atoms with Gasteiger partial charge in [0, 0.05) is 24.6 Å². The van der Waals surface area contributed by atoms with Crippen molar-refractivity contribution in [2.24, 2.45) is 0 Å². The Labute approximate surface area is 112 Å². The molecule has 0 amide bonds. The maximum atomic E-state index is 12.1. The molecule has 1 aromatic carbocycles. The molecule has 18 heavy (non-hydrogen) atoms. The van der Waals surface area contributed by atoms with Gasteiger partial charge in [0.1, 0.15) is 5.75 Å². The number of rotatable bonds is 5. The van der Waals surface area contributed by atoms with Crippen molar-refractivity contribution in [2.75, 3.05) is 20.8 Å². The molecule has 1 heterocycles. The number of alkyl halides is 1. The lowest BCUT2D eigenvalue weighted by molar-refractivity contribution is 0.0507. The summed E-state index contributed by atoms with van der Waals surface area (Å²) < 4.78 is 27.8. The Kier molecular flexibility index (Phi) is 4.33. The highest BCUT2D eigenvalue weighted by Gasteiger charge is 2.06. The van der Waals surface area contributed by atoms with E-state index in [0.717, 1.165) is 9.86 Å². The minimum atomic E-state index is -0.901. The number of ether oxygens (including phenoxy) is 3. The molecule has 2 aromatic rings. The summed E-state index contributed by atoms with van der Waals surface area (Å²) in [5.41, 5.74) is 0.662. The fourth-order valence-electron chi connectivity index (χ4n) is 1.47. The molecule has 0 aliphatic carbocycles. The topological polar surface area (TPSA) is 40.6 Å². The predicted octanol–water partition coefficient (Wildman–Crippen LogP) is 3.29. The Hall–Kier alpha value is -1.40. The Morgan fingerprint density at radius 1 is 1.28 bits per heavy atom. The molecule has 0 saturated heterocycles. The number of nitrogens with zero attached hydrogens (tertiary/aromatic N) is 1. The van der Waals surface area contributed by atoms with Gasteiger partial charge in [-0.2, -0.15) is 0 Å². The summed E-state index contributed by atoms with van der Waals surface area (Å²) in [5.74, 6) is 0.847. The van der Waals surface area contributed by atoms with E-state index in [4.69, 9.17) is 14.2 Å². The number of hydrogen-bond acceptors (Lipinski definition) is 4. The average molecular weight is 316 g/mol. The molecule has 1 aromatic heterocycles. The first-order valence-corrected chi connectivity index (χ1v) is 5.94. The summed E-state index contributed by atoms with van der Waals surface area (Å²) in [6.07, 6.45) is 0. The van der Waals surface area contributed by atoms with E-state index >= 15 is 0 Å². The largest absolute Gasteiger partial charge is 0.466 e. The van der Waals surface area contributed by atoms with Crippen molar-refractivity contribution in [2.45, 2.75) is 0 Å². The van der Waals surface area contributed by atoms with Crippen molar-refractivity contribution in [3.05, 3.63) is 28.7 Å². The van der Waals surface area contributed by atoms with Crippen molar-refractivity contribution in [3.8, 4) is 11.6 Å². The molecule has 0 radical (unpaired) electrons. The summed E-state index contributed by atoms with van der Waals surface area (Å²) in [4.78, 5) is 4.17. The van der Waals surface area contributed by atoms with Crippen LogP contribution in [0, 0.1) is 0 Å². The molecular formula is C12H11BrFNO3. The maximum absolute atomic E-state index is 12.1. The van der Waals surface area contributed by atoms with Gasteiger partial charge >= 0.3 is 0 Å². The quantitative estimate of drug-likeness (QED) is 0.794. The molecule has 0 spiro atoms. The van der Waals surface area contributed by atoms with Gasteiger partial charge in [0.2, 0.25) is 12.7 Å². The number of hydrogen-bond donors (Lipinski definition) is 0. The third kappa shape index (κ3) is 2.88. The van der Waals surface area contributed by atoms with Crippen LogP contribution in [0.25, 0.3) is 10.9 Å². The third-order valence-electron chi connectivity index (χ3n) is 2.25. The van der Waals surface area contributed by atoms with Crippen molar-refractivity contribution in [3.63, 3.8) is 0 Å². The van der Waals surface area contributed by atoms with Crippen LogP contribution < -0.4 is 9.47 Å². The molecule has 2 rings (SSSR count). The van der Waals surface area contributed by atoms with Gasteiger partial charge in [-0.1, -0.05) is 0 Å². The average Bonchev–Trinajstić information content (AvgIpc) is 2.37. The second kappa shape index (κ2) is 5.97. The van der Waals surface area contributed by atoms with E-state index in [9.17, 15) is 4.39 Å². The van der Waals surface area contributed by atoms with Gasteiger partial charge in [0.15, 0.2) is 6.79 Å². The highest BCUT2D eigenvalue weighted by atomic mass is 79.9. The van der Waals surface area contributed by atoms with Crippen LogP contribution in [-0.4, -0.2) is 25.7 Å². The Morgan fingerprint density at radius 3 is 2.83 bits per heavy atom. The van der Waals surface area contributed by atoms with E-state index in [2.05, 4.69) is 20.9 Å². The molecule has 0 N–H and O–H groups in total. The molecule has 0 bridgehead atoms. The van der Waals surface area contributed by atoms with Crippen molar-refractivity contribution >= 4 is 26.8 Å². The van der Waals surface area contributed by atoms with Gasteiger partial charge in [-0.3, -0.25) is 0 Å². The lowest BCUT2D eigenvalue weighted by Gasteiger charge is -2.09. The summed E-state index contributed by atoms with van der Waals surface area (Å²) in [6.45, 7) is -0.757. The summed E-state index contributed by atoms with van der Waals surface area (Å²) >= 11 is 3.40. The van der Waals surface area contributed by atoms with E-state index in [1.54, 1.807) is 25.3 Å². The monoisotopic (exact) mass is 315 g/mol. The van der Waals surface area contributed by atoms with E-state index < -0.39 is 6.86 Å². The van der Waals surface area contributed by atoms with Crippen molar-refractivity contribution < 1.29 is 18.6 Å². The first-order chi connectivity index (χ1) is 8.74. The summed E-state index contributed by atoms with van der Waals surface area (Å²) in [6, 6.07) is 7.03. The Balaban J connectivity index is 2.39. The molecular weight excluding hydrogens is 305 g/mol. The molecule has 96 valence electrons. The first kappa shape index (κ1) is 13.0. The molecule has 0 aliphatic heterocycles.